The van der Waals surface area contributed by atoms with Crippen molar-refractivity contribution in [2.24, 2.45) is 0 Å². The van der Waals surface area contributed by atoms with Gasteiger partial charge in [0.15, 0.2) is 0 Å². The first kappa shape index (κ1) is 15.2. The molecule has 0 N–H and O–H groups in total. The molecule has 0 unspecified atom stereocenters. The fraction of sp³-hybridized carbons (Fsp3) is 0.375. The molecule has 120 valence electrons. The van der Waals surface area contributed by atoms with Gasteiger partial charge in [-0.15, -0.1) is 0 Å². The highest BCUT2D eigenvalue weighted by Crippen LogP contribution is 2.32. The van der Waals surface area contributed by atoms with Crippen molar-refractivity contribution in [3.05, 3.63) is 46.3 Å². The fourth-order valence-electron chi connectivity index (χ4n) is 3.02. The van der Waals surface area contributed by atoms with Gasteiger partial charge < -0.3 is 4.74 Å². The monoisotopic (exact) mass is 315 g/mol. The van der Waals surface area contributed by atoms with E-state index in [9.17, 15) is 14.9 Å². The second-order valence-electron chi connectivity index (χ2n) is 5.63. The maximum Gasteiger partial charge on any atom is 0.338 e. The van der Waals surface area contributed by atoms with Gasteiger partial charge in [-0.2, -0.15) is 5.10 Å². The molecule has 0 bridgehead atoms. The SMILES string of the molecule is COC(=O)c1cc([N+](=O)[O-])ccc1-c1cnn(C2CCCC2)c1. The lowest BCUT2D eigenvalue weighted by atomic mass is 10.0. The van der Waals surface area contributed by atoms with Crippen molar-refractivity contribution in [3.63, 3.8) is 0 Å². The summed E-state index contributed by atoms with van der Waals surface area (Å²) < 4.78 is 6.67. The highest BCUT2D eigenvalue weighted by atomic mass is 16.6. The molecule has 3 rings (SSSR count). The minimum Gasteiger partial charge on any atom is -0.465 e. The van der Waals surface area contributed by atoms with E-state index >= 15 is 0 Å². The molecule has 1 aromatic heterocycles. The second-order valence-corrected chi connectivity index (χ2v) is 5.63. The second kappa shape index (κ2) is 6.20. The number of carbonyl (C=O) groups is 1. The van der Waals surface area contributed by atoms with Crippen LogP contribution in [0, 0.1) is 10.1 Å². The molecule has 1 fully saturated rings. The lowest BCUT2D eigenvalue weighted by molar-refractivity contribution is -0.384. The largest absolute Gasteiger partial charge is 0.465 e. The van der Waals surface area contributed by atoms with Crippen molar-refractivity contribution in [2.75, 3.05) is 7.11 Å². The van der Waals surface area contributed by atoms with E-state index in [-0.39, 0.29) is 11.3 Å². The minimum absolute atomic E-state index is 0.141. The van der Waals surface area contributed by atoms with Crippen LogP contribution in [-0.4, -0.2) is 27.8 Å². The van der Waals surface area contributed by atoms with Gasteiger partial charge in [-0.3, -0.25) is 14.8 Å². The summed E-state index contributed by atoms with van der Waals surface area (Å²) in [5, 5.41) is 15.3. The minimum atomic E-state index is -0.600. The molecule has 0 spiro atoms. The number of carbonyl (C=O) groups excluding carboxylic acids is 1. The Hall–Kier alpha value is -2.70. The molecule has 1 aromatic carbocycles. The van der Waals surface area contributed by atoms with Crippen LogP contribution in [0.1, 0.15) is 42.1 Å². The number of non-ortho nitro benzene ring substituents is 1. The van der Waals surface area contributed by atoms with Gasteiger partial charge in [0, 0.05) is 23.9 Å². The maximum atomic E-state index is 12.0. The van der Waals surface area contributed by atoms with Gasteiger partial charge >= 0.3 is 5.97 Å². The van der Waals surface area contributed by atoms with Crippen molar-refractivity contribution in [1.29, 1.82) is 0 Å². The summed E-state index contributed by atoms with van der Waals surface area (Å²) in [5.41, 5.74) is 1.38. The Morgan fingerprint density at radius 2 is 2.13 bits per heavy atom. The molecule has 1 heterocycles. The molecule has 1 aliphatic carbocycles. The number of rotatable bonds is 4. The van der Waals surface area contributed by atoms with Gasteiger partial charge in [0.05, 0.1) is 29.8 Å². The first-order valence-electron chi connectivity index (χ1n) is 7.51. The first-order chi connectivity index (χ1) is 11.1. The average Bonchev–Trinajstić information content (AvgIpc) is 3.24. The van der Waals surface area contributed by atoms with Gasteiger partial charge in [-0.05, 0) is 24.5 Å². The predicted molar refractivity (Wildman–Crippen MR) is 83.2 cm³/mol. The Morgan fingerprint density at radius 1 is 1.39 bits per heavy atom. The zero-order valence-corrected chi connectivity index (χ0v) is 12.8. The van der Waals surface area contributed by atoms with E-state index < -0.39 is 10.9 Å². The highest BCUT2D eigenvalue weighted by Gasteiger charge is 2.21. The number of nitro benzene ring substituents is 1. The molecule has 7 heteroatoms. The summed E-state index contributed by atoms with van der Waals surface area (Å²) >= 11 is 0. The molecule has 2 aromatic rings. The van der Waals surface area contributed by atoms with Crippen molar-refractivity contribution >= 4 is 11.7 Å². The maximum absolute atomic E-state index is 12.0. The third kappa shape index (κ3) is 2.94. The topological polar surface area (TPSA) is 87.3 Å². The van der Waals surface area contributed by atoms with Crippen molar-refractivity contribution in [3.8, 4) is 11.1 Å². The molecule has 23 heavy (non-hydrogen) atoms. The fourth-order valence-corrected chi connectivity index (χ4v) is 3.02. The van der Waals surface area contributed by atoms with Crippen LogP contribution in [0.2, 0.25) is 0 Å². The van der Waals surface area contributed by atoms with Gasteiger partial charge in [0.2, 0.25) is 0 Å². The molecular formula is C16H17N3O4. The zero-order valence-electron chi connectivity index (χ0n) is 12.8. The van der Waals surface area contributed by atoms with Crippen molar-refractivity contribution < 1.29 is 14.5 Å². The number of benzene rings is 1. The Kier molecular flexibility index (Phi) is 4.10. The molecule has 1 aliphatic rings. The molecular weight excluding hydrogens is 298 g/mol. The number of hydrogen-bond acceptors (Lipinski definition) is 5. The first-order valence-corrected chi connectivity index (χ1v) is 7.51. The summed E-state index contributed by atoms with van der Waals surface area (Å²) in [5.74, 6) is -0.600. The molecule has 0 atom stereocenters. The summed E-state index contributed by atoms with van der Waals surface area (Å²) in [6.07, 6.45) is 8.18. The lowest BCUT2D eigenvalue weighted by Gasteiger charge is -2.09. The number of nitro groups is 1. The molecule has 0 radical (unpaired) electrons. The van der Waals surface area contributed by atoms with E-state index in [1.807, 2.05) is 10.9 Å². The summed E-state index contributed by atoms with van der Waals surface area (Å²) in [6, 6.07) is 4.59. The number of nitrogens with zero attached hydrogens (tertiary/aromatic N) is 3. The van der Waals surface area contributed by atoms with Crippen LogP contribution in [0.3, 0.4) is 0 Å². The Labute approximate surface area is 133 Å². The van der Waals surface area contributed by atoms with Crippen LogP contribution in [0.25, 0.3) is 11.1 Å². The molecule has 0 saturated heterocycles. The molecule has 7 nitrogen and oxygen atoms in total. The Bertz CT molecular complexity index is 748. The quantitative estimate of drug-likeness (QED) is 0.490. The molecule has 1 saturated carbocycles. The molecule has 0 amide bonds. The zero-order chi connectivity index (χ0) is 16.4. The van der Waals surface area contributed by atoms with E-state index in [1.54, 1.807) is 12.3 Å². The van der Waals surface area contributed by atoms with Crippen LogP contribution < -0.4 is 0 Å². The van der Waals surface area contributed by atoms with Crippen molar-refractivity contribution in [2.45, 2.75) is 31.7 Å². The van der Waals surface area contributed by atoms with E-state index in [0.717, 1.165) is 18.4 Å². The van der Waals surface area contributed by atoms with Crippen molar-refractivity contribution in [1.82, 2.24) is 9.78 Å². The predicted octanol–water partition coefficient (Wildman–Crippen LogP) is 3.36. The van der Waals surface area contributed by atoms with Gasteiger partial charge in [-0.1, -0.05) is 12.8 Å². The Balaban J connectivity index is 2.01. The summed E-state index contributed by atoms with van der Waals surface area (Å²) in [6.45, 7) is 0. The number of methoxy groups -OCH3 is 1. The number of esters is 1. The highest BCUT2D eigenvalue weighted by molar-refractivity contribution is 5.97. The van der Waals surface area contributed by atoms with Gasteiger partial charge in [0.1, 0.15) is 0 Å². The van der Waals surface area contributed by atoms with Crippen LogP contribution in [0.5, 0.6) is 0 Å². The normalized spacial score (nSPS) is 14.8. The number of ether oxygens (including phenoxy) is 1. The standard InChI is InChI=1S/C16H17N3O4/c1-23-16(20)15-8-13(19(21)22)6-7-14(15)11-9-17-18(10-11)12-4-2-3-5-12/h6-10,12H,2-5H2,1H3. The van der Waals surface area contributed by atoms with E-state index in [2.05, 4.69) is 5.10 Å². The van der Waals surface area contributed by atoms with Crippen LogP contribution in [-0.2, 0) is 4.74 Å². The lowest BCUT2D eigenvalue weighted by Crippen LogP contribution is -2.05. The molecule has 0 aliphatic heterocycles. The third-order valence-electron chi connectivity index (χ3n) is 4.23. The smallest absolute Gasteiger partial charge is 0.338 e. The van der Waals surface area contributed by atoms with E-state index in [4.69, 9.17) is 4.74 Å². The van der Waals surface area contributed by atoms with E-state index in [0.29, 0.717) is 11.6 Å². The average molecular weight is 315 g/mol. The summed E-state index contributed by atoms with van der Waals surface area (Å²) in [7, 11) is 1.26. The number of aromatic nitrogens is 2. The Morgan fingerprint density at radius 3 is 2.78 bits per heavy atom. The summed E-state index contributed by atoms with van der Waals surface area (Å²) in [4.78, 5) is 22.4. The van der Waals surface area contributed by atoms with Crippen LogP contribution in [0.15, 0.2) is 30.6 Å². The van der Waals surface area contributed by atoms with Crippen LogP contribution >= 0.6 is 0 Å². The van der Waals surface area contributed by atoms with Gasteiger partial charge in [0.25, 0.3) is 5.69 Å². The van der Waals surface area contributed by atoms with E-state index in [1.165, 1.54) is 32.1 Å². The number of hydrogen-bond donors (Lipinski definition) is 0. The van der Waals surface area contributed by atoms with Crippen LogP contribution in [0.4, 0.5) is 5.69 Å². The third-order valence-corrected chi connectivity index (χ3v) is 4.23. The van der Waals surface area contributed by atoms with Gasteiger partial charge in [-0.25, -0.2) is 4.79 Å².